The van der Waals surface area contributed by atoms with Gasteiger partial charge < -0.3 is 12.3 Å². The fraction of sp³-hybridized carbons (Fsp3) is 1.00. The second-order valence-electron chi connectivity index (χ2n) is 9.57. The molecule has 128 valence electrons. The molecule has 4 nitrogen and oxygen atoms in total. The Hall–Kier alpha value is 0.708. The molecular weight excluding hydrogens is 330 g/mol. The first-order valence-electron chi connectivity index (χ1n) is 7.72. The van der Waals surface area contributed by atoms with Gasteiger partial charge in [-0.25, -0.2) is 0 Å². The number of hydrogen-bond acceptors (Lipinski definition) is 4. The van der Waals surface area contributed by atoms with Crippen LogP contribution in [0.25, 0.3) is 0 Å². The molecule has 0 amide bonds. The summed E-state index contributed by atoms with van der Waals surface area (Å²) >= 11 is 0. The first kappa shape index (κ1) is 21.7. The zero-order chi connectivity index (χ0) is 17.3. The second kappa shape index (κ2) is 6.68. The molecule has 0 aromatic rings. The summed E-state index contributed by atoms with van der Waals surface area (Å²) in [7, 11) is -8.30. The fourth-order valence-electron chi connectivity index (χ4n) is 1.81. The van der Waals surface area contributed by atoms with E-state index in [1.165, 1.54) is 0 Å². The maximum absolute atomic E-state index is 6.55. The van der Waals surface area contributed by atoms with Gasteiger partial charge in [0.25, 0.3) is 0 Å². The first-order valence-corrected chi connectivity index (χ1v) is 19.7. The lowest BCUT2D eigenvalue weighted by atomic mass is 10.1. The molecule has 0 aliphatic rings. The van der Waals surface area contributed by atoms with Crippen molar-refractivity contribution in [2.45, 2.75) is 85.2 Å². The zero-order valence-corrected chi connectivity index (χ0v) is 20.2. The standard InChI is InChI=1S/C13H37NO3Si4/c1-13(2,3)14-21(15-18(4,5)6,16-19(7,8)9)17-20(10,11)12/h14H,1-12H3. The molecule has 0 unspecified atom stereocenters. The van der Waals surface area contributed by atoms with E-state index in [-0.39, 0.29) is 5.54 Å². The highest BCUT2D eigenvalue weighted by Gasteiger charge is 2.52. The van der Waals surface area contributed by atoms with Crippen LogP contribution in [0, 0.1) is 0 Å². The average molecular weight is 368 g/mol. The molecule has 8 heteroatoms. The van der Waals surface area contributed by atoms with Gasteiger partial charge in [0.2, 0.25) is 0 Å². The van der Waals surface area contributed by atoms with Gasteiger partial charge in [0.1, 0.15) is 0 Å². The van der Waals surface area contributed by atoms with Gasteiger partial charge in [0.15, 0.2) is 25.0 Å². The molecule has 0 atom stereocenters. The van der Waals surface area contributed by atoms with Gasteiger partial charge in [0.05, 0.1) is 0 Å². The Kier molecular flexibility index (Phi) is 6.90. The van der Waals surface area contributed by atoms with Gasteiger partial charge in [0, 0.05) is 5.54 Å². The Bertz CT molecular complexity index is 268. The summed E-state index contributed by atoms with van der Waals surface area (Å²) in [5, 5.41) is 0. The van der Waals surface area contributed by atoms with Crippen LogP contribution in [-0.4, -0.2) is 39.5 Å². The Morgan fingerprint density at radius 2 is 0.810 bits per heavy atom. The molecular formula is C13H37NO3Si4. The van der Waals surface area contributed by atoms with Gasteiger partial charge in [-0.2, -0.15) is 0 Å². The molecule has 1 N–H and O–H groups in total. The van der Waals surface area contributed by atoms with E-state index in [0.29, 0.717) is 0 Å². The van der Waals surface area contributed by atoms with Gasteiger partial charge in [-0.05, 0) is 79.7 Å². The summed E-state index contributed by atoms with van der Waals surface area (Å²) < 4.78 is 19.6. The Balaban J connectivity index is 5.70. The third-order valence-electron chi connectivity index (χ3n) is 1.85. The third kappa shape index (κ3) is 11.9. The molecule has 0 radical (unpaired) electrons. The highest BCUT2D eigenvalue weighted by atomic mass is 28.5. The highest BCUT2D eigenvalue weighted by Crippen LogP contribution is 2.25. The molecule has 0 aromatic heterocycles. The van der Waals surface area contributed by atoms with Crippen molar-refractivity contribution in [3.05, 3.63) is 0 Å². The van der Waals surface area contributed by atoms with Gasteiger partial charge in [-0.1, -0.05) is 0 Å². The molecule has 0 aliphatic heterocycles. The van der Waals surface area contributed by atoms with Gasteiger partial charge in [-0.15, -0.1) is 0 Å². The Morgan fingerprint density at radius 1 is 0.571 bits per heavy atom. The van der Waals surface area contributed by atoms with Crippen molar-refractivity contribution in [2.24, 2.45) is 0 Å². The SMILES string of the molecule is CC(C)(C)N[Si](O[Si](C)(C)C)(O[Si](C)(C)C)O[Si](C)(C)C. The monoisotopic (exact) mass is 367 g/mol. The Morgan fingerprint density at radius 3 is 0.952 bits per heavy atom. The fourth-order valence-corrected chi connectivity index (χ4v) is 14.6. The van der Waals surface area contributed by atoms with E-state index < -0.39 is 33.9 Å². The van der Waals surface area contributed by atoms with Crippen LogP contribution in [0.15, 0.2) is 0 Å². The molecule has 0 spiro atoms. The lowest BCUT2D eigenvalue weighted by Crippen LogP contribution is -2.72. The lowest BCUT2D eigenvalue weighted by Gasteiger charge is -2.45. The van der Waals surface area contributed by atoms with E-state index in [4.69, 9.17) is 12.3 Å². The molecule has 0 aliphatic carbocycles. The van der Waals surface area contributed by atoms with Crippen molar-refractivity contribution in [1.29, 1.82) is 0 Å². The highest BCUT2D eigenvalue weighted by molar-refractivity contribution is 6.89. The molecule has 0 rings (SSSR count). The normalized spacial score (nSPS) is 15.4. The molecule has 0 fully saturated rings. The van der Waals surface area contributed by atoms with Crippen LogP contribution in [0.2, 0.25) is 58.9 Å². The van der Waals surface area contributed by atoms with Crippen molar-refractivity contribution in [2.75, 3.05) is 0 Å². The topological polar surface area (TPSA) is 39.7 Å². The minimum atomic E-state index is -2.90. The molecule has 0 saturated heterocycles. The summed E-state index contributed by atoms with van der Waals surface area (Å²) in [6, 6.07) is 0. The predicted molar refractivity (Wildman–Crippen MR) is 102 cm³/mol. The van der Waals surface area contributed by atoms with E-state index in [1.807, 2.05) is 0 Å². The Labute approximate surface area is 136 Å². The molecule has 0 bridgehead atoms. The maximum Gasteiger partial charge on any atom is 0.565 e. The lowest BCUT2D eigenvalue weighted by molar-refractivity contribution is 0.214. The van der Waals surface area contributed by atoms with E-state index in [1.54, 1.807) is 0 Å². The molecule has 0 heterocycles. The minimum absolute atomic E-state index is 0.106. The predicted octanol–water partition coefficient (Wildman–Crippen LogP) is 4.36. The summed E-state index contributed by atoms with van der Waals surface area (Å²) in [6.07, 6.45) is 0. The van der Waals surface area contributed by atoms with E-state index >= 15 is 0 Å². The minimum Gasteiger partial charge on any atom is -0.405 e. The summed E-state index contributed by atoms with van der Waals surface area (Å²) in [6.45, 7) is 26.2. The summed E-state index contributed by atoms with van der Waals surface area (Å²) in [4.78, 5) is 3.62. The van der Waals surface area contributed by atoms with Crippen LogP contribution in [0.4, 0.5) is 0 Å². The van der Waals surface area contributed by atoms with Crippen molar-refractivity contribution in [3.8, 4) is 0 Å². The zero-order valence-electron chi connectivity index (χ0n) is 16.2. The van der Waals surface area contributed by atoms with Crippen molar-refractivity contribution in [1.82, 2.24) is 4.98 Å². The van der Waals surface area contributed by atoms with Crippen molar-refractivity contribution >= 4 is 33.9 Å². The van der Waals surface area contributed by atoms with Gasteiger partial charge in [-0.3, -0.25) is 4.98 Å². The first-order chi connectivity index (χ1) is 8.83. The average Bonchev–Trinajstić information content (AvgIpc) is 1.83. The smallest absolute Gasteiger partial charge is 0.405 e. The van der Waals surface area contributed by atoms with E-state index in [0.717, 1.165) is 0 Å². The molecule has 0 saturated carbocycles. The second-order valence-corrected chi connectivity index (χ2v) is 26.1. The summed E-state index contributed by atoms with van der Waals surface area (Å²) in [5.41, 5.74) is -0.106. The molecule has 21 heavy (non-hydrogen) atoms. The van der Waals surface area contributed by atoms with E-state index in [9.17, 15) is 0 Å². The van der Waals surface area contributed by atoms with Crippen LogP contribution in [0.1, 0.15) is 20.8 Å². The van der Waals surface area contributed by atoms with Crippen LogP contribution < -0.4 is 4.98 Å². The number of hydrogen-bond donors (Lipinski definition) is 1. The van der Waals surface area contributed by atoms with Crippen molar-refractivity contribution in [3.63, 3.8) is 0 Å². The van der Waals surface area contributed by atoms with Crippen molar-refractivity contribution < 1.29 is 12.3 Å². The van der Waals surface area contributed by atoms with E-state index in [2.05, 4.69) is 84.7 Å². The van der Waals surface area contributed by atoms with Crippen LogP contribution in [0.3, 0.4) is 0 Å². The largest absolute Gasteiger partial charge is 0.565 e. The summed E-state index contributed by atoms with van der Waals surface area (Å²) in [5.74, 6) is 0. The van der Waals surface area contributed by atoms with Crippen LogP contribution >= 0.6 is 0 Å². The van der Waals surface area contributed by atoms with Crippen LogP contribution in [-0.2, 0) is 12.3 Å². The third-order valence-corrected chi connectivity index (χ3v) is 13.5. The number of rotatable bonds is 7. The van der Waals surface area contributed by atoms with Crippen LogP contribution in [0.5, 0.6) is 0 Å². The number of nitrogens with one attached hydrogen (secondary N) is 1. The van der Waals surface area contributed by atoms with Gasteiger partial charge >= 0.3 is 8.97 Å². The molecule has 0 aromatic carbocycles. The maximum atomic E-state index is 6.55. The quantitative estimate of drug-likeness (QED) is 0.678.